The molecular formula is C15H28N4O. The van der Waals surface area contributed by atoms with Gasteiger partial charge in [0.25, 0.3) is 0 Å². The average Bonchev–Trinajstić information content (AvgIpc) is 2.64. The van der Waals surface area contributed by atoms with Crippen LogP contribution < -0.4 is 5.32 Å². The van der Waals surface area contributed by atoms with Crippen LogP contribution in [0.4, 0.5) is 0 Å². The Morgan fingerprint density at radius 1 is 1.35 bits per heavy atom. The van der Waals surface area contributed by atoms with Crippen molar-refractivity contribution in [2.45, 2.75) is 47.1 Å². The van der Waals surface area contributed by atoms with Crippen LogP contribution in [-0.4, -0.2) is 40.2 Å². The Bertz CT molecular complexity index is 449. The summed E-state index contributed by atoms with van der Waals surface area (Å²) >= 11 is 0. The maximum atomic E-state index is 11.9. The second-order valence-corrected chi connectivity index (χ2v) is 5.20. The summed E-state index contributed by atoms with van der Waals surface area (Å²) in [5.74, 6) is 0.217. The number of amides is 1. The molecule has 0 bridgehead atoms. The molecule has 0 radical (unpaired) electrons. The Hall–Kier alpha value is -1.36. The van der Waals surface area contributed by atoms with E-state index < -0.39 is 0 Å². The van der Waals surface area contributed by atoms with Crippen LogP contribution in [0.1, 0.15) is 50.2 Å². The summed E-state index contributed by atoms with van der Waals surface area (Å²) in [4.78, 5) is 13.8. The fourth-order valence-corrected chi connectivity index (χ4v) is 2.65. The van der Waals surface area contributed by atoms with Gasteiger partial charge in [0, 0.05) is 50.4 Å². The van der Waals surface area contributed by atoms with E-state index in [2.05, 4.69) is 24.3 Å². The lowest BCUT2D eigenvalue weighted by Crippen LogP contribution is -2.33. The van der Waals surface area contributed by atoms with Crippen LogP contribution >= 0.6 is 0 Å². The SMILES string of the molecule is CCN(CC)C(=O)CCNC(C)c1c(C)nn(C)c1C. The van der Waals surface area contributed by atoms with Gasteiger partial charge in [-0.1, -0.05) is 0 Å². The number of carbonyl (C=O) groups excluding carboxylic acids is 1. The van der Waals surface area contributed by atoms with Gasteiger partial charge in [0.05, 0.1) is 5.69 Å². The highest BCUT2D eigenvalue weighted by atomic mass is 16.2. The second-order valence-electron chi connectivity index (χ2n) is 5.20. The normalized spacial score (nSPS) is 12.5. The zero-order valence-electron chi connectivity index (χ0n) is 13.7. The number of aromatic nitrogens is 2. The van der Waals surface area contributed by atoms with Gasteiger partial charge < -0.3 is 10.2 Å². The number of hydrogen-bond acceptors (Lipinski definition) is 3. The first kappa shape index (κ1) is 16.7. The highest BCUT2D eigenvalue weighted by Crippen LogP contribution is 2.20. The van der Waals surface area contributed by atoms with Crippen LogP contribution in [0, 0.1) is 13.8 Å². The molecule has 1 atom stereocenters. The molecule has 5 heteroatoms. The van der Waals surface area contributed by atoms with E-state index in [0.717, 1.165) is 18.8 Å². The van der Waals surface area contributed by atoms with Gasteiger partial charge in [0.2, 0.25) is 5.91 Å². The van der Waals surface area contributed by atoms with E-state index in [1.807, 2.05) is 37.4 Å². The maximum absolute atomic E-state index is 11.9. The van der Waals surface area contributed by atoms with Gasteiger partial charge in [-0.3, -0.25) is 9.48 Å². The largest absolute Gasteiger partial charge is 0.343 e. The molecule has 1 rings (SSSR count). The highest BCUT2D eigenvalue weighted by molar-refractivity contribution is 5.76. The Morgan fingerprint density at radius 2 is 1.95 bits per heavy atom. The average molecular weight is 280 g/mol. The molecule has 0 saturated heterocycles. The topological polar surface area (TPSA) is 50.2 Å². The lowest BCUT2D eigenvalue weighted by atomic mass is 10.1. The number of rotatable bonds is 7. The molecule has 5 nitrogen and oxygen atoms in total. The first-order valence-electron chi connectivity index (χ1n) is 7.43. The molecule has 1 aromatic heterocycles. The molecule has 1 heterocycles. The number of nitrogens with zero attached hydrogens (tertiary/aromatic N) is 3. The first-order valence-corrected chi connectivity index (χ1v) is 7.43. The van der Waals surface area contributed by atoms with Crippen molar-refractivity contribution >= 4 is 5.91 Å². The van der Waals surface area contributed by atoms with Crippen LogP contribution in [0.2, 0.25) is 0 Å². The number of nitrogens with one attached hydrogen (secondary N) is 1. The van der Waals surface area contributed by atoms with Crippen molar-refractivity contribution in [1.82, 2.24) is 20.0 Å². The fourth-order valence-electron chi connectivity index (χ4n) is 2.65. The van der Waals surface area contributed by atoms with E-state index >= 15 is 0 Å². The zero-order valence-corrected chi connectivity index (χ0v) is 13.7. The van der Waals surface area contributed by atoms with E-state index in [4.69, 9.17) is 0 Å². The van der Waals surface area contributed by atoms with Gasteiger partial charge in [0.15, 0.2) is 0 Å². The molecule has 1 amide bonds. The Morgan fingerprint density at radius 3 is 2.40 bits per heavy atom. The van der Waals surface area contributed by atoms with Crippen molar-refractivity contribution in [3.63, 3.8) is 0 Å². The van der Waals surface area contributed by atoms with Crippen LogP contribution in [0.25, 0.3) is 0 Å². The molecule has 0 saturated carbocycles. The molecule has 0 aromatic carbocycles. The molecule has 1 unspecified atom stereocenters. The number of hydrogen-bond donors (Lipinski definition) is 1. The predicted molar refractivity (Wildman–Crippen MR) is 81.6 cm³/mol. The Labute approximate surface area is 122 Å². The van der Waals surface area contributed by atoms with E-state index in [-0.39, 0.29) is 11.9 Å². The number of carbonyl (C=O) groups is 1. The third-order valence-electron chi connectivity index (χ3n) is 3.90. The molecule has 114 valence electrons. The van der Waals surface area contributed by atoms with Crippen molar-refractivity contribution in [2.75, 3.05) is 19.6 Å². The van der Waals surface area contributed by atoms with Gasteiger partial charge in [0.1, 0.15) is 0 Å². The van der Waals surface area contributed by atoms with E-state index in [1.165, 1.54) is 11.3 Å². The minimum absolute atomic E-state index is 0.216. The monoisotopic (exact) mass is 280 g/mol. The summed E-state index contributed by atoms with van der Waals surface area (Å²) < 4.78 is 1.91. The van der Waals surface area contributed by atoms with E-state index in [1.54, 1.807) is 0 Å². The molecular weight excluding hydrogens is 252 g/mol. The van der Waals surface area contributed by atoms with Crippen LogP contribution in [-0.2, 0) is 11.8 Å². The third-order valence-corrected chi connectivity index (χ3v) is 3.90. The maximum Gasteiger partial charge on any atom is 0.223 e. The standard InChI is InChI=1S/C15H28N4O/c1-7-19(8-2)14(20)9-10-16-11(3)15-12(4)17-18(6)13(15)5/h11,16H,7-10H2,1-6H3. The lowest BCUT2D eigenvalue weighted by molar-refractivity contribution is -0.130. The summed E-state index contributed by atoms with van der Waals surface area (Å²) in [7, 11) is 1.96. The van der Waals surface area contributed by atoms with Crippen LogP contribution in [0.3, 0.4) is 0 Å². The Balaban J connectivity index is 2.52. The van der Waals surface area contributed by atoms with Gasteiger partial charge in [-0.15, -0.1) is 0 Å². The predicted octanol–water partition coefficient (Wildman–Crippen LogP) is 1.95. The molecule has 1 N–H and O–H groups in total. The van der Waals surface area contributed by atoms with Gasteiger partial charge in [-0.2, -0.15) is 5.10 Å². The minimum Gasteiger partial charge on any atom is -0.343 e. The van der Waals surface area contributed by atoms with Crippen LogP contribution in [0.15, 0.2) is 0 Å². The van der Waals surface area contributed by atoms with Crippen molar-refractivity contribution in [3.8, 4) is 0 Å². The summed E-state index contributed by atoms with van der Waals surface area (Å²) in [6.07, 6.45) is 0.546. The van der Waals surface area contributed by atoms with Crippen molar-refractivity contribution in [3.05, 3.63) is 17.0 Å². The lowest BCUT2D eigenvalue weighted by Gasteiger charge is -2.20. The van der Waals surface area contributed by atoms with Gasteiger partial charge in [-0.05, 0) is 34.6 Å². The van der Waals surface area contributed by atoms with Crippen LogP contribution in [0.5, 0.6) is 0 Å². The molecule has 0 aliphatic carbocycles. The molecule has 0 fully saturated rings. The van der Waals surface area contributed by atoms with E-state index in [0.29, 0.717) is 13.0 Å². The molecule has 20 heavy (non-hydrogen) atoms. The van der Waals surface area contributed by atoms with Crippen molar-refractivity contribution < 1.29 is 4.79 Å². The molecule has 0 aliphatic rings. The smallest absolute Gasteiger partial charge is 0.223 e. The zero-order chi connectivity index (χ0) is 15.3. The quantitative estimate of drug-likeness (QED) is 0.830. The molecule has 0 aliphatic heterocycles. The third kappa shape index (κ3) is 3.82. The van der Waals surface area contributed by atoms with Gasteiger partial charge >= 0.3 is 0 Å². The summed E-state index contributed by atoms with van der Waals surface area (Å²) in [5, 5.41) is 7.86. The first-order chi connectivity index (χ1) is 9.42. The second kappa shape index (κ2) is 7.43. The van der Waals surface area contributed by atoms with Crippen molar-refractivity contribution in [2.24, 2.45) is 7.05 Å². The minimum atomic E-state index is 0.216. The summed E-state index contributed by atoms with van der Waals surface area (Å²) in [6, 6.07) is 0.216. The van der Waals surface area contributed by atoms with Gasteiger partial charge in [-0.25, -0.2) is 0 Å². The number of aryl methyl sites for hydroxylation is 2. The highest BCUT2D eigenvalue weighted by Gasteiger charge is 2.16. The van der Waals surface area contributed by atoms with E-state index in [9.17, 15) is 4.79 Å². The Kier molecular flexibility index (Phi) is 6.20. The summed E-state index contributed by atoms with van der Waals surface area (Å²) in [5.41, 5.74) is 3.47. The van der Waals surface area contributed by atoms with Crippen molar-refractivity contribution in [1.29, 1.82) is 0 Å². The molecule has 1 aromatic rings. The summed E-state index contributed by atoms with van der Waals surface area (Å²) in [6.45, 7) is 12.5. The fraction of sp³-hybridized carbons (Fsp3) is 0.733. The molecule has 0 spiro atoms.